The van der Waals surface area contributed by atoms with Crippen molar-refractivity contribution in [3.05, 3.63) is 53.6 Å². The minimum Gasteiger partial charge on any atom is -0.312 e. The van der Waals surface area contributed by atoms with Crippen molar-refractivity contribution in [3.8, 4) is 0 Å². The van der Waals surface area contributed by atoms with Gasteiger partial charge in [0.25, 0.3) is 10.0 Å². The first-order valence-corrected chi connectivity index (χ1v) is 11.1. The fourth-order valence-electron chi connectivity index (χ4n) is 3.31. The van der Waals surface area contributed by atoms with Gasteiger partial charge in [-0.25, -0.2) is 8.42 Å². The van der Waals surface area contributed by atoms with E-state index in [1.54, 1.807) is 17.0 Å². The standard InChI is InChI=1S/C21H23F3N2O3S/c1-14(2)10-11-26-19-8-7-17(12-15(19)6-9-20(26)27)25-30(28,29)18-5-3-4-16(13-18)21(22,23)24/h3-5,7-8,12-14,25H,6,9-11H2,1-2H3. The van der Waals surface area contributed by atoms with Crippen LogP contribution in [-0.4, -0.2) is 20.9 Å². The molecule has 0 radical (unpaired) electrons. The lowest BCUT2D eigenvalue weighted by Gasteiger charge is -2.30. The first kappa shape index (κ1) is 22.1. The van der Waals surface area contributed by atoms with E-state index < -0.39 is 26.7 Å². The summed E-state index contributed by atoms with van der Waals surface area (Å²) in [6, 6.07) is 8.43. The summed E-state index contributed by atoms with van der Waals surface area (Å²) in [7, 11) is -4.20. The van der Waals surface area contributed by atoms with Crippen molar-refractivity contribution in [2.45, 2.75) is 44.2 Å². The second kappa shape index (κ2) is 8.29. The number of carbonyl (C=O) groups excluding carboxylic acids is 1. The van der Waals surface area contributed by atoms with Crippen molar-refractivity contribution < 1.29 is 26.4 Å². The van der Waals surface area contributed by atoms with E-state index in [9.17, 15) is 26.4 Å². The van der Waals surface area contributed by atoms with Gasteiger partial charge in [0.2, 0.25) is 5.91 Å². The van der Waals surface area contributed by atoms with Crippen molar-refractivity contribution in [3.63, 3.8) is 0 Å². The summed E-state index contributed by atoms with van der Waals surface area (Å²) in [4.78, 5) is 13.5. The van der Waals surface area contributed by atoms with Gasteiger partial charge < -0.3 is 4.90 Å². The Morgan fingerprint density at radius 3 is 2.50 bits per heavy atom. The number of benzene rings is 2. The molecule has 0 saturated heterocycles. The van der Waals surface area contributed by atoms with Gasteiger partial charge in [0.15, 0.2) is 0 Å². The Labute approximate surface area is 173 Å². The molecule has 9 heteroatoms. The van der Waals surface area contributed by atoms with Crippen LogP contribution in [0.4, 0.5) is 24.5 Å². The second-order valence-electron chi connectivity index (χ2n) is 7.70. The molecule has 0 aromatic heterocycles. The maximum atomic E-state index is 12.9. The van der Waals surface area contributed by atoms with E-state index in [0.29, 0.717) is 31.4 Å². The van der Waals surface area contributed by atoms with Crippen LogP contribution in [0.5, 0.6) is 0 Å². The molecule has 0 unspecified atom stereocenters. The molecule has 3 rings (SSSR count). The Bertz CT molecular complexity index is 1050. The zero-order valence-corrected chi connectivity index (χ0v) is 17.5. The highest BCUT2D eigenvalue weighted by atomic mass is 32.2. The molecule has 0 atom stereocenters. The number of rotatable bonds is 6. The summed E-state index contributed by atoms with van der Waals surface area (Å²) >= 11 is 0. The van der Waals surface area contributed by atoms with Gasteiger partial charge in [0.1, 0.15) is 0 Å². The summed E-state index contributed by atoms with van der Waals surface area (Å²) < 4.78 is 66.3. The lowest BCUT2D eigenvalue weighted by molar-refractivity contribution is -0.137. The van der Waals surface area contributed by atoms with Crippen molar-refractivity contribution in [2.75, 3.05) is 16.2 Å². The Balaban J connectivity index is 1.85. The minimum absolute atomic E-state index is 0.0282. The van der Waals surface area contributed by atoms with Crippen molar-refractivity contribution in [2.24, 2.45) is 5.92 Å². The largest absolute Gasteiger partial charge is 0.416 e. The lowest BCUT2D eigenvalue weighted by Crippen LogP contribution is -2.36. The molecule has 2 aromatic carbocycles. The number of fused-ring (bicyclic) bond motifs is 1. The quantitative estimate of drug-likeness (QED) is 0.700. The van der Waals surface area contributed by atoms with E-state index in [-0.39, 0.29) is 11.6 Å². The minimum atomic E-state index is -4.64. The molecule has 162 valence electrons. The highest BCUT2D eigenvalue weighted by Gasteiger charge is 2.32. The summed E-state index contributed by atoms with van der Waals surface area (Å²) in [6.45, 7) is 4.72. The van der Waals surface area contributed by atoms with E-state index >= 15 is 0 Å². The molecule has 0 fully saturated rings. The maximum Gasteiger partial charge on any atom is 0.416 e. The van der Waals surface area contributed by atoms with Crippen molar-refractivity contribution >= 4 is 27.3 Å². The number of amides is 1. The molecule has 5 nitrogen and oxygen atoms in total. The number of hydrogen-bond acceptors (Lipinski definition) is 3. The van der Waals surface area contributed by atoms with Gasteiger partial charge in [-0.05, 0) is 60.7 Å². The number of carbonyl (C=O) groups is 1. The number of nitrogens with zero attached hydrogens (tertiary/aromatic N) is 1. The molecule has 0 spiro atoms. The Morgan fingerprint density at radius 2 is 1.83 bits per heavy atom. The average molecular weight is 440 g/mol. The topological polar surface area (TPSA) is 66.5 Å². The van der Waals surface area contributed by atoms with Gasteiger partial charge in [-0.2, -0.15) is 13.2 Å². The van der Waals surface area contributed by atoms with Gasteiger partial charge in [0, 0.05) is 24.3 Å². The molecule has 30 heavy (non-hydrogen) atoms. The van der Waals surface area contributed by atoms with Gasteiger partial charge in [-0.15, -0.1) is 0 Å². The van der Waals surface area contributed by atoms with Crippen LogP contribution < -0.4 is 9.62 Å². The predicted molar refractivity (Wildman–Crippen MR) is 109 cm³/mol. The third-order valence-corrected chi connectivity index (χ3v) is 6.31. The number of nitrogens with one attached hydrogen (secondary N) is 1. The number of aryl methyl sites for hydroxylation is 1. The zero-order chi connectivity index (χ0) is 22.1. The van der Waals surface area contributed by atoms with Crippen LogP contribution in [-0.2, 0) is 27.4 Å². The monoisotopic (exact) mass is 440 g/mol. The molecule has 0 bridgehead atoms. The number of anilines is 2. The fraction of sp³-hybridized carbons (Fsp3) is 0.381. The summed E-state index contributed by atoms with van der Waals surface area (Å²) in [5, 5.41) is 0. The lowest BCUT2D eigenvalue weighted by atomic mass is 9.99. The van der Waals surface area contributed by atoms with Gasteiger partial charge in [-0.1, -0.05) is 19.9 Å². The molecule has 1 heterocycles. The number of alkyl halides is 3. The van der Waals surface area contributed by atoms with Crippen LogP contribution >= 0.6 is 0 Å². The van der Waals surface area contributed by atoms with E-state index in [1.807, 2.05) is 0 Å². The summed E-state index contributed by atoms with van der Waals surface area (Å²) in [5.74, 6) is 0.460. The van der Waals surface area contributed by atoms with E-state index in [1.165, 1.54) is 6.07 Å². The third-order valence-electron chi connectivity index (χ3n) is 4.93. The number of hydrogen-bond donors (Lipinski definition) is 1. The molecule has 1 aliphatic heterocycles. The predicted octanol–water partition coefficient (Wildman–Crippen LogP) is 4.83. The Morgan fingerprint density at radius 1 is 1.10 bits per heavy atom. The van der Waals surface area contributed by atoms with Gasteiger partial charge in [0.05, 0.1) is 10.5 Å². The van der Waals surface area contributed by atoms with Gasteiger partial charge >= 0.3 is 6.18 Å². The Hall–Kier alpha value is -2.55. The highest BCUT2D eigenvalue weighted by Crippen LogP contribution is 2.33. The van der Waals surface area contributed by atoms with Crippen LogP contribution in [0, 0.1) is 5.92 Å². The third kappa shape index (κ3) is 4.95. The smallest absolute Gasteiger partial charge is 0.312 e. The van der Waals surface area contributed by atoms with Crippen LogP contribution in [0.1, 0.15) is 37.8 Å². The van der Waals surface area contributed by atoms with Crippen LogP contribution in [0.3, 0.4) is 0 Å². The molecule has 1 aliphatic rings. The Kier molecular flexibility index (Phi) is 6.12. The van der Waals surface area contributed by atoms with Crippen LogP contribution in [0.15, 0.2) is 47.4 Å². The van der Waals surface area contributed by atoms with Crippen molar-refractivity contribution in [1.82, 2.24) is 0 Å². The molecule has 0 aliphatic carbocycles. The average Bonchev–Trinajstić information content (AvgIpc) is 2.66. The number of halogens is 3. The molecule has 2 aromatic rings. The highest BCUT2D eigenvalue weighted by molar-refractivity contribution is 7.92. The SMILES string of the molecule is CC(C)CCN1C(=O)CCc2cc(NS(=O)(=O)c3cccc(C(F)(F)F)c3)ccc21. The van der Waals surface area contributed by atoms with Gasteiger partial charge in [-0.3, -0.25) is 9.52 Å². The molecule has 0 saturated carbocycles. The zero-order valence-electron chi connectivity index (χ0n) is 16.7. The maximum absolute atomic E-state index is 12.9. The first-order chi connectivity index (χ1) is 14.0. The van der Waals surface area contributed by atoms with Crippen LogP contribution in [0.2, 0.25) is 0 Å². The molecular formula is C21H23F3N2O3S. The fourth-order valence-corrected chi connectivity index (χ4v) is 4.40. The molecule has 1 amide bonds. The number of sulfonamides is 1. The molecule has 1 N–H and O–H groups in total. The van der Waals surface area contributed by atoms with E-state index in [4.69, 9.17) is 0 Å². The van der Waals surface area contributed by atoms with Crippen molar-refractivity contribution in [1.29, 1.82) is 0 Å². The van der Waals surface area contributed by atoms with E-state index in [0.717, 1.165) is 35.9 Å². The normalized spacial score (nSPS) is 14.7. The summed E-state index contributed by atoms with van der Waals surface area (Å²) in [5.41, 5.74) is 0.774. The van der Waals surface area contributed by atoms with Crippen LogP contribution in [0.25, 0.3) is 0 Å². The first-order valence-electron chi connectivity index (χ1n) is 9.61. The molecular weight excluding hydrogens is 417 g/mol. The summed E-state index contributed by atoms with van der Waals surface area (Å²) in [6.07, 6.45) is -2.99. The second-order valence-corrected chi connectivity index (χ2v) is 9.38. The van der Waals surface area contributed by atoms with E-state index in [2.05, 4.69) is 18.6 Å².